The van der Waals surface area contributed by atoms with Crippen LogP contribution in [0.2, 0.25) is 5.02 Å². The van der Waals surface area contributed by atoms with Gasteiger partial charge in [-0.25, -0.2) is 8.42 Å². The fraction of sp³-hybridized carbons (Fsp3) is 0.364. The number of alkyl halides is 3. The third-order valence-electron chi connectivity index (χ3n) is 3.14. The highest BCUT2D eigenvalue weighted by atomic mass is 35.5. The van der Waals surface area contributed by atoms with E-state index < -0.39 is 21.7 Å². The largest absolute Gasteiger partial charge is 0.407 e. The number of rotatable bonds is 4. The Hall–Kier alpha value is -0.900. The minimum absolute atomic E-state index is 0.0362. The summed E-state index contributed by atoms with van der Waals surface area (Å²) in [5.74, 6) is 0. The van der Waals surface area contributed by atoms with Crippen LogP contribution in [0.5, 0.6) is 0 Å². The van der Waals surface area contributed by atoms with Gasteiger partial charge in [0.25, 0.3) is 0 Å². The molecule has 0 spiro atoms. The Labute approximate surface area is 129 Å². The molecule has 2 rings (SSSR count). The molecule has 0 bridgehead atoms. The molecule has 1 aromatic carbocycles. The van der Waals surface area contributed by atoms with E-state index in [1.165, 1.54) is 6.07 Å². The standard InChI is InChI=1S/C11H10ClF3N2O2S2/c12-8-5-6(1-2-7(8)9(16)20)21(18,19)17-10(3-4-10)11(13,14)15/h1-2,5,17H,3-4H2,(H2,16,20). The third kappa shape index (κ3) is 3.15. The summed E-state index contributed by atoms with van der Waals surface area (Å²) < 4.78 is 64.2. The molecule has 1 saturated carbocycles. The van der Waals surface area contributed by atoms with Crippen molar-refractivity contribution < 1.29 is 21.6 Å². The Morgan fingerprint density at radius 3 is 2.33 bits per heavy atom. The van der Waals surface area contributed by atoms with Gasteiger partial charge in [-0.2, -0.15) is 17.9 Å². The molecule has 0 atom stereocenters. The number of sulfonamides is 1. The number of hydrogen-bond donors (Lipinski definition) is 2. The smallest absolute Gasteiger partial charge is 0.389 e. The molecule has 0 amide bonds. The topological polar surface area (TPSA) is 72.2 Å². The molecule has 21 heavy (non-hydrogen) atoms. The molecule has 0 unspecified atom stereocenters. The lowest BCUT2D eigenvalue weighted by Gasteiger charge is -2.20. The van der Waals surface area contributed by atoms with Gasteiger partial charge < -0.3 is 5.73 Å². The van der Waals surface area contributed by atoms with Gasteiger partial charge in [-0.05, 0) is 31.0 Å². The summed E-state index contributed by atoms with van der Waals surface area (Å²) >= 11 is 10.5. The predicted octanol–water partition coefficient (Wildman–Crippen LogP) is 2.35. The van der Waals surface area contributed by atoms with Crippen molar-refractivity contribution in [3.05, 3.63) is 28.8 Å². The van der Waals surface area contributed by atoms with Crippen LogP contribution in [0, 0.1) is 0 Å². The fourth-order valence-electron chi connectivity index (χ4n) is 1.75. The highest BCUT2D eigenvalue weighted by Gasteiger charge is 2.65. The molecule has 0 aliphatic heterocycles. The van der Waals surface area contributed by atoms with Crippen LogP contribution in [-0.4, -0.2) is 25.1 Å². The Balaban J connectivity index is 2.33. The van der Waals surface area contributed by atoms with Crippen molar-refractivity contribution in [2.45, 2.75) is 29.5 Å². The molecule has 10 heteroatoms. The highest BCUT2D eigenvalue weighted by molar-refractivity contribution is 7.89. The molecule has 1 aliphatic carbocycles. The second-order valence-corrected chi connectivity index (χ2v) is 7.22. The van der Waals surface area contributed by atoms with Crippen LogP contribution in [0.3, 0.4) is 0 Å². The first-order valence-corrected chi connectivity index (χ1v) is 7.95. The zero-order valence-electron chi connectivity index (χ0n) is 10.4. The molecule has 0 saturated heterocycles. The SMILES string of the molecule is NC(=S)c1ccc(S(=O)(=O)NC2(C(F)(F)F)CC2)cc1Cl. The van der Waals surface area contributed by atoms with Gasteiger partial charge in [0, 0.05) is 5.56 Å². The van der Waals surface area contributed by atoms with Gasteiger partial charge in [-0.1, -0.05) is 23.8 Å². The molecule has 0 heterocycles. The van der Waals surface area contributed by atoms with Crippen LogP contribution in [0.15, 0.2) is 23.1 Å². The lowest BCUT2D eigenvalue weighted by molar-refractivity contribution is -0.160. The van der Waals surface area contributed by atoms with Crippen molar-refractivity contribution >= 4 is 38.8 Å². The maximum Gasteiger partial charge on any atom is 0.407 e. The first-order chi connectivity index (χ1) is 9.48. The number of halogens is 4. The molecule has 1 fully saturated rings. The highest BCUT2D eigenvalue weighted by Crippen LogP contribution is 2.49. The minimum Gasteiger partial charge on any atom is -0.389 e. The van der Waals surface area contributed by atoms with Gasteiger partial charge in [0.05, 0.1) is 9.92 Å². The number of nitrogens with two attached hydrogens (primary N) is 1. The zero-order valence-corrected chi connectivity index (χ0v) is 12.8. The van der Waals surface area contributed by atoms with Gasteiger partial charge in [0.1, 0.15) is 10.5 Å². The number of nitrogens with one attached hydrogen (secondary N) is 1. The van der Waals surface area contributed by atoms with Crippen molar-refractivity contribution in [2.24, 2.45) is 5.73 Å². The summed E-state index contributed by atoms with van der Waals surface area (Å²) in [5.41, 5.74) is 3.25. The number of hydrogen-bond acceptors (Lipinski definition) is 3. The average Bonchev–Trinajstić information content (AvgIpc) is 3.07. The molecule has 1 aromatic rings. The van der Waals surface area contributed by atoms with Gasteiger partial charge in [-0.3, -0.25) is 0 Å². The first-order valence-electron chi connectivity index (χ1n) is 5.69. The van der Waals surface area contributed by atoms with Gasteiger partial charge in [0.2, 0.25) is 10.0 Å². The summed E-state index contributed by atoms with van der Waals surface area (Å²) in [6, 6.07) is 3.38. The quantitative estimate of drug-likeness (QED) is 0.810. The maximum atomic E-state index is 12.8. The second kappa shape index (κ2) is 5.08. The number of thiocarbonyl (C=S) groups is 1. The number of benzene rings is 1. The summed E-state index contributed by atoms with van der Waals surface area (Å²) in [4.78, 5) is -0.408. The molecule has 3 N–H and O–H groups in total. The molecule has 0 aromatic heterocycles. The molecule has 0 radical (unpaired) electrons. The Bertz CT molecular complexity index is 700. The van der Waals surface area contributed by atoms with Crippen molar-refractivity contribution in [3.63, 3.8) is 0 Å². The lowest BCUT2D eigenvalue weighted by Crippen LogP contribution is -2.47. The Morgan fingerprint density at radius 1 is 1.38 bits per heavy atom. The van der Waals surface area contributed by atoms with Crippen LogP contribution in [-0.2, 0) is 10.0 Å². The first kappa shape index (κ1) is 16.5. The molecular formula is C11H10ClF3N2O2S2. The summed E-state index contributed by atoms with van der Waals surface area (Å²) in [5, 5.41) is -0.0396. The van der Waals surface area contributed by atoms with E-state index in [4.69, 9.17) is 29.6 Å². The molecule has 116 valence electrons. The van der Waals surface area contributed by atoms with Crippen molar-refractivity contribution in [3.8, 4) is 0 Å². The van der Waals surface area contributed by atoms with E-state index in [0.717, 1.165) is 12.1 Å². The maximum absolute atomic E-state index is 12.8. The molecular weight excluding hydrogens is 349 g/mol. The Morgan fingerprint density at radius 2 is 1.95 bits per heavy atom. The van der Waals surface area contributed by atoms with Crippen molar-refractivity contribution in [2.75, 3.05) is 0 Å². The lowest BCUT2D eigenvalue weighted by atomic mass is 10.2. The van der Waals surface area contributed by atoms with E-state index in [2.05, 4.69) is 0 Å². The summed E-state index contributed by atoms with van der Waals surface area (Å²) in [6.07, 6.45) is -5.20. The summed E-state index contributed by atoms with van der Waals surface area (Å²) in [7, 11) is -4.34. The van der Waals surface area contributed by atoms with Crippen LogP contribution in [0.4, 0.5) is 13.2 Å². The minimum atomic E-state index is -4.64. The second-order valence-electron chi connectivity index (χ2n) is 4.69. The van der Waals surface area contributed by atoms with Crippen LogP contribution in [0.25, 0.3) is 0 Å². The predicted molar refractivity (Wildman–Crippen MR) is 75.7 cm³/mol. The van der Waals surface area contributed by atoms with E-state index in [0.29, 0.717) is 0 Å². The van der Waals surface area contributed by atoms with Gasteiger partial charge in [0.15, 0.2) is 0 Å². The molecule has 1 aliphatic rings. The Kier molecular flexibility index (Phi) is 3.98. The van der Waals surface area contributed by atoms with Crippen LogP contribution >= 0.6 is 23.8 Å². The third-order valence-corrected chi connectivity index (χ3v) is 5.21. The van der Waals surface area contributed by atoms with E-state index in [-0.39, 0.29) is 33.3 Å². The van der Waals surface area contributed by atoms with E-state index >= 15 is 0 Å². The fourth-order valence-corrected chi connectivity index (χ4v) is 3.80. The van der Waals surface area contributed by atoms with Crippen molar-refractivity contribution in [1.82, 2.24) is 4.72 Å². The normalized spacial score (nSPS) is 17.5. The summed E-state index contributed by atoms with van der Waals surface area (Å²) in [6.45, 7) is 0. The van der Waals surface area contributed by atoms with Gasteiger partial charge in [-0.15, -0.1) is 0 Å². The average molecular weight is 359 g/mol. The monoisotopic (exact) mass is 358 g/mol. The van der Waals surface area contributed by atoms with Crippen molar-refractivity contribution in [1.29, 1.82) is 0 Å². The molecule has 4 nitrogen and oxygen atoms in total. The van der Waals surface area contributed by atoms with Crippen LogP contribution < -0.4 is 10.5 Å². The van der Waals surface area contributed by atoms with Gasteiger partial charge >= 0.3 is 6.18 Å². The van der Waals surface area contributed by atoms with Crippen LogP contribution in [0.1, 0.15) is 18.4 Å². The van der Waals surface area contributed by atoms with E-state index in [1.807, 2.05) is 0 Å². The van der Waals surface area contributed by atoms with E-state index in [1.54, 1.807) is 4.72 Å². The van der Waals surface area contributed by atoms with E-state index in [9.17, 15) is 21.6 Å². The zero-order chi connectivity index (χ0) is 16.1.